The number of anilines is 2. The molecule has 0 aliphatic carbocycles. The summed E-state index contributed by atoms with van der Waals surface area (Å²) in [7, 11) is 0. The van der Waals surface area contributed by atoms with Gasteiger partial charge in [-0.15, -0.1) is 0 Å². The van der Waals surface area contributed by atoms with Crippen LogP contribution in [0.25, 0.3) is 5.69 Å². The molecule has 21 heavy (non-hydrogen) atoms. The van der Waals surface area contributed by atoms with Gasteiger partial charge in [0, 0.05) is 28.2 Å². The average Bonchev–Trinajstić information content (AvgIpc) is 2.96. The predicted octanol–water partition coefficient (Wildman–Crippen LogP) is 4.23. The molecule has 0 saturated heterocycles. The van der Waals surface area contributed by atoms with Crippen LogP contribution in [0, 0.1) is 0 Å². The molecule has 2 aromatic carbocycles. The van der Waals surface area contributed by atoms with Gasteiger partial charge < -0.3 is 15.6 Å². The zero-order valence-corrected chi connectivity index (χ0v) is 12.0. The number of para-hydroxylation sites is 1. The zero-order valence-electron chi connectivity index (χ0n) is 11.3. The molecular weight excluding hydrogens is 282 g/mol. The summed E-state index contributed by atoms with van der Waals surface area (Å²) in [4.78, 5) is 0. The van der Waals surface area contributed by atoms with Gasteiger partial charge in [-0.3, -0.25) is 0 Å². The molecular formula is C17H14ClN3. The molecule has 0 radical (unpaired) electrons. The highest BCUT2D eigenvalue weighted by Crippen LogP contribution is 2.39. The summed E-state index contributed by atoms with van der Waals surface area (Å²) in [6.45, 7) is 0. The molecule has 0 spiro atoms. The summed E-state index contributed by atoms with van der Waals surface area (Å²) in [6, 6.07) is 18.0. The summed E-state index contributed by atoms with van der Waals surface area (Å²) in [5, 5.41) is 4.27. The second kappa shape index (κ2) is 4.57. The van der Waals surface area contributed by atoms with E-state index in [1.807, 2.05) is 42.5 Å². The minimum absolute atomic E-state index is 0.0205. The number of aromatic nitrogens is 1. The zero-order chi connectivity index (χ0) is 14.4. The third-order valence-corrected chi connectivity index (χ3v) is 4.14. The van der Waals surface area contributed by atoms with E-state index < -0.39 is 0 Å². The molecule has 2 heterocycles. The van der Waals surface area contributed by atoms with E-state index in [9.17, 15) is 0 Å². The van der Waals surface area contributed by atoms with Crippen LogP contribution in [0.4, 0.5) is 11.4 Å². The third kappa shape index (κ3) is 1.89. The van der Waals surface area contributed by atoms with Crippen molar-refractivity contribution < 1.29 is 0 Å². The Bertz CT molecular complexity index is 822. The van der Waals surface area contributed by atoms with Gasteiger partial charge in [0.05, 0.1) is 17.4 Å². The lowest BCUT2D eigenvalue weighted by atomic mass is 9.99. The van der Waals surface area contributed by atoms with Crippen LogP contribution in [0.5, 0.6) is 0 Å². The molecule has 1 aliphatic heterocycles. The Labute approximate surface area is 128 Å². The number of nitrogens with zero attached hydrogens (tertiary/aromatic N) is 1. The minimum atomic E-state index is 0.0205. The summed E-state index contributed by atoms with van der Waals surface area (Å²) < 4.78 is 2.18. The van der Waals surface area contributed by atoms with E-state index in [1.165, 1.54) is 5.69 Å². The Morgan fingerprint density at radius 2 is 1.90 bits per heavy atom. The Morgan fingerprint density at radius 1 is 1.05 bits per heavy atom. The number of nitrogens with two attached hydrogens (primary N) is 1. The standard InChI is InChI=1S/C17H14ClN3/c18-11-7-8-15-14(10-11)20-17(16-6-3-9-21(15)16)12-4-1-2-5-13(12)19/h1-10,17,20H,19H2. The molecule has 0 amide bonds. The number of hydrogen-bond donors (Lipinski definition) is 2. The van der Waals surface area contributed by atoms with E-state index in [1.54, 1.807) is 0 Å². The molecule has 1 aromatic heterocycles. The van der Waals surface area contributed by atoms with Crippen molar-refractivity contribution in [2.45, 2.75) is 6.04 Å². The SMILES string of the molecule is Nc1ccccc1C1Nc2cc(Cl)ccc2-n2cccc21. The van der Waals surface area contributed by atoms with E-state index in [0.29, 0.717) is 0 Å². The van der Waals surface area contributed by atoms with Crippen LogP contribution in [-0.4, -0.2) is 4.57 Å². The van der Waals surface area contributed by atoms with Crippen molar-refractivity contribution in [3.05, 3.63) is 77.1 Å². The van der Waals surface area contributed by atoms with Gasteiger partial charge in [0.25, 0.3) is 0 Å². The van der Waals surface area contributed by atoms with E-state index in [2.05, 4.69) is 28.2 Å². The van der Waals surface area contributed by atoms with Crippen LogP contribution in [0.1, 0.15) is 17.3 Å². The maximum absolute atomic E-state index is 6.15. The van der Waals surface area contributed by atoms with Gasteiger partial charge in [-0.1, -0.05) is 29.8 Å². The monoisotopic (exact) mass is 295 g/mol. The van der Waals surface area contributed by atoms with Crippen molar-refractivity contribution in [3.8, 4) is 5.69 Å². The fourth-order valence-electron chi connectivity index (χ4n) is 2.92. The van der Waals surface area contributed by atoms with E-state index in [0.717, 1.165) is 27.6 Å². The predicted molar refractivity (Wildman–Crippen MR) is 87.1 cm³/mol. The van der Waals surface area contributed by atoms with E-state index in [-0.39, 0.29) is 6.04 Å². The van der Waals surface area contributed by atoms with Crippen molar-refractivity contribution in [1.82, 2.24) is 4.57 Å². The van der Waals surface area contributed by atoms with Crippen LogP contribution in [0.15, 0.2) is 60.8 Å². The van der Waals surface area contributed by atoms with Gasteiger partial charge in [-0.25, -0.2) is 0 Å². The molecule has 0 saturated carbocycles. The normalized spacial score (nSPS) is 16.0. The van der Waals surface area contributed by atoms with Crippen molar-refractivity contribution in [2.24, 2.45) is 0 Å². The second-order valence-electron chi connectivity index (χ2n) is 5.17. The van der Waals surface area contributed by atoms with Crippen LogP contribution < -0.4 is 11.1 Å². The topological polar surface area (TPSA) is 43.0 Å². The summed E-state index contributed by atoms with van der Waals surface area (Å²) in [5.74, 6) is 0. The maximum atomic E-state index is 6.15. The number of halogens is 1. The lowest BCUT2D eigenvalue weighted by Crippen LogP contribution is -2.22. The van der Waals surface area contributed by atoms with Crippen molar-refractivity contribution >= 4 is 23.0 Å². The van der Waals surface area contributed by atoms with Crippen LogP contribution in [0.3, 0.4) is 0 Å². The van der Waals surface area contributed by atoms with Crippen LogP contribution in [-0.2, 0) is 0 Å². The number of benzene rings is 2. The molecule has 3 nitrogen and oxygen atoms in total. The molecule has 0 bridgehead atoms. The van der Waals surface area contributed by atoms with Gasteiger partial charge >= 0.3 is 0 Å². The smallest absolute Gasteiger partial charge is 0.0943 e. The average molecular weight is 296 g/mol. The molecule has 4 rings (SSSR count). The molecule has 1 atom stereocenters. The maximum Gasteiger partial charge on any atom is 0.0943 e. The Hall–Kier alpha value is -2.39. The van der Waals surface area contributed by atoms with Crippen molar-refractivity contribution in [2.75, 3.05) is 11.1 Å². The first-order chi connectivity index (χ1) is 10.2. The Kier molecular flexibility index (Phi) is 2.69. The molecule has 1 aliphatic rings. The summed E-state index contributed by atoms with van der Waals surface area (Å²) in [6.07, 6.45) is 2.06. The first kappa shape index (κ1) is 12.4. The molecule has 3 N–H and O–H groups in total. The van der Waals surface area contributed by atoms with Crippen molar-refractivity contribution in [1.29, 1.82) is 0 Å². The molecule has 0 fully saturated rings. The fourth-order valence-corrected chi connectivity index (χ4v) is 3.10. The Balaban J connectivity index is 1.92. The molecule has 1 unspecified atom stereocenters. The third-order valence-electron chi connectivity index (χ3n) is 3.90. The number of fused-ring (bicyclic) bond motifs is 3. The quantitative estimate of drug-likeness (QED) is 0.660. The van der Waals surface area contributed by atoms with Gasteiger partial charge in [0.2, 0.25) is 0 Å². The van der Waals surface area contributed by atoms with Gasteiger partial charge in [-0.05, 0) is 36.4 Å². The van der Waals surface area contributed by atoms with Gasteiger partial charge in [-0.2, -0.15) is 0 Å². The number of nitrogen functional groups attached to an aromatic ring is 1. The lowest BCUT2D eigenvalue weighted by Gasteiger charge is -2.30. The molecule has 104 valence electrons. The fraction of sp³-hybridized carbons (Fsp3) is 0.0588. The lowest BCUT2D eigenvalue weighted by molar-refractivity contribution is 0.812. The van der Waals surface area contributed by atoms with Crippen LogP contribution >= 0.6 is 11.6 Å². The largest absolute Gasteiger partial charge is 0.398 e. The van der Waals surface area contributed by atoms with Gasteiger partial charge in [0.1, 0.15) is 0 Å². The number of nitrogens with one attached hydrogen (secondary N) is 1. The summed E-state index contributed by atoms with van der Waals surface area (Å²) in [5.41, 5.74) is 11.3. The van der Waals surface area contributed by atoms with Crippen LogP contribution in [0.2, 0.25) is 5.02 Å². The second-order valence-corrected chi connectivity index (χ2v) is 5.61. The van der Waals surface area contributed by atoms with Crippen molar-refractivity contribution in [3.63, 3.8) is 0 Å². The summed E-state index contributed by atoms with van der Waals surface area (Å²) >= 11 is 6.13. The Morgan fingerprint density at radius 3 is 2.76 bits per heavy atom. The number of rotatable bonds is 1. The highest BCUT2D eigenvalue weighted by atomic mass is 35.5. The molecule has 4 heteroatoms. The first-order valence-corrected chi connectivity index (χ1v) is 7.20. The minimum Gasteiger partial charge on any atom is -0.398 e. The number of hydrogen-bond acceptors (Lipinski definition) is 2. The van der Waals surface area contributed by atoms with E-state index >= 15 is 0 Å². The highest BCUT2D eigenvalue weighted by molar-refractivity contribution is 6.31. The van der Waals surface area contributed by atoms with E-state index in [4.69, 9.17) is 17.3 Å². The molecule has 3 aromatic rings. The first-order valence-electron chi connectivity index (χ1n) is 6.82. The van der Waals surface area contributed by atoms with Gasteiger partial charge in [0.15, 0.2) is 0 Å². The highest BCUT2D eigenvalue weighted by Gasteiger charge is 2.26.